The first-order chi connectivity index (χ1) is 7.34. The van der Waals surface area contributed by atoms with E-state index in [2.05, 4.69) is 42.5 Å². The average Bonchev–Trinajstić information content (AvgIpc) is 2.28. The Hall–Kier alpha value is -2.02. The number of hydrogen-bond donors (Lipinski definition) is 1. The fourth-order valence-corrected chi connectivity index (χ4v) is 2.03. The molecule has 2 N–H and O–H groups in total. The Morgan fingerprint density at radius 3 is 2.33 bits per heavy atom. The summed E-state index contributed by atoms with van der Waals surface area (Å²) >= 11 is 0. The molecule has 0 radical (unpaired) electrons. The topological polar surface area (TPSA) is 26.0 Å². The van der Waals surface area contributed by atoms with Gasteiger partial charge in [-0.2, -0.15) is 0 Å². The Balaban J connectivity index is 2.55. The highest BCUT2D eigenvalue weighted by atomic mass is 14.5. The van der Waals surface area contributed by atoms with E-state index >= 15 is 0 Å². The second-order valence-electron chi connectivity index (χ2n) is 3.77. The minimum Gasteiger partial charge on any atom is -0.399 e. The normalized spacial score (nSPS) is 10.9. The number of rotatable bonds is 0. The number of anilines is 1. The van der Waals surface area contributed by atoms with Gasteiger partial charge in [0.25, 0.3) is 0 Å². The largest absolute Gasteiger partial charge is 0.399 e. The third kappa shape index (κ3) is 1.24. The van der Waals surface area contributed by atoms with Crippen molar-refractivity contribution < 1.29 is 0 Å². The number of benzene rings is 3. The lowest BCUT2D eigenvalue weighted by atomic mass is 10.0. The Kier molecular flexibility index (Phi) is 1.65. The summed E-state index contributed by atoms with van der Waals surface area (Å²) < 4.78 is 0. The number of hydrogen-bond acceptors (Lipinski definition) is 1. The highest BCUT2D eigenvalue weighted by Gasteiger charge is 1.99. The zero-order valence-electron chi connectivity index (χ0n) is 8.27. The first kappa shape index (κ1) is 8.30. The van der Waals surface area contributed by atoms with Gasteiger partial charge in [-0.05, 0) is 33.7 Å². The van der Waals surface area contributed by atoms with Gasteiger partial charge in [-0.25, -0.2) is 0 Å². The van der Waals surface area contributed by atoms with Crippen molar-refractivity contribution in [3.05, 3.63) is 54.6 Å². The zero-order chi connectivity index (χ0) is 10.3. The smallest absolute Gasteiger partial charge is 0.0320 e. The lowest BCUT2D eigenvalue weighted by Crippen LogP contribution is -1.84. The van der Waals surface area contributed by atoms with Crippen LogP contribution in [0.15, 0.2) is 54.6 Å². The van der Waals surface area contributed by atoms with Crippen molar-refractivity contribution in [1.29, 1.82) is 0 Å². The molecule has 1 heteroatoms. The SMILES string of the molecule is Nc1ccc2c(ccc3ccccc32)c1. The van der Waals surface area contributed by atoms with E-state index in [1.54, 1.807) is 0 Å². The van der Waals surface area contributed by atoms with Crippen LogP contribution in [-0.4, -0.2) is 0 Å². The standard InChI is InChI=1S/C14H11N/c15-12-7-8-14-11(9-12)6-5-10-3-1-2-4-13(10)14/h1-9H,15H2. The third-order valence-electron chi connectivity index (χ3n) is 2.77. The lowest BCUT2D eigenvalue weighted by molar-refractivity contribution is 1.74. The summed E-state index contributed by atoms with van der Waals surface area (Å²) in [4.78, 5) is 0. The molecule has 0 aromatic heterocycles. The van der Waals surface area contributed by atoms with Crippen molar-refractivity contribution in [2.24, 2.45) is 0 Å². The molecule has 0 saturated carbocycles. The van der Waals surface area contributed by atoms with Crippen molar-refractivity contribution >= 4 is 27.2 Å². The molecule has 3 aromatic rings. The van der Waals surface area contributed by atoms with E-state index in [1.165, 1.54) is 21.5 Å². The van der Waals surface area contributed by atoms with E-state index in [-0.39, 0.29) is 0 Å². The van der Waals surface area contributed by atoms with E-state index in [0.717, 1.165) is 5.69 Å². The fourth-order valence-electron chi connectivity index (χ4n) is 2.03. The molecule has 0 heterocycles. The molecular formula is C14H11N. The first-order valence-corrected chi connectivity index (χ1v) is 5.01. The predicted octanol–water partition coefficient (Wildman–Crippen LogP) is 3.58. The fraction of sp³-hybridized carbons (Fsp3) is 0. The van der Waals surface area contributed by atoms with Crippen LogP contribution in [0.5, 0.6) is 0 Å². The first-order valence-electron chi connectivity index (χ1n) is 5.01. The van der Waals surface area contributed by atoms with Crippen LogP contribution in [0, 0.1) is 0 Å². The minimum atomic E-state index is 0.817. The Morgan fingerprint density at radius 2 is 1.40 bits per heavy atom. The number of fused-ring (bicyclic) bond motifs is 3. The maximum Gasteiger partial charge on any atom is 0.0320 e. The maximum atomic E-state index is 5.77. The summed E-state index contributed by atoms with van der Waals surface area (Å²) in [6.07, 6.45) is 0. The van der Waals surface area contributed by atoms with Crippen LogP contribution in [0.1, 0.15) is 0 Å². The van der Waals surface area contributed by atoms with Crippen molar-refractivity contribution in [3.8, 4) is 0 Å². The molecule has 0 atom stereocenters. The van der Waals surface area contributed by atoms with Gasteiger partial charge in [-0.3, -0.25) is 0 Å². The Morgan fingerprint density at radius 1 is 0.667 bits per heavy atom. The molecule has 0 spiro atoms. The van der Waals surface area contributed by atoms with Gasteiger partial charge in [0.05, 0.1) is 0 Å². The van der Waals surface area contributed by atoms with E-state index < -0.39 is 0 Å². The maximum absolute atomic E-state index is 5.77. The van der Waals surface area contributed by atoms with Gasteiger partial charge < -0.3 is 5.73 Å². The van der Waals surface area contributed by atoms with Gasteiger partial charge in [-0.1, -0.05) is 42.5 Å². The molecule has 1 nitrogen and oxygen atoms in total. The van der Waals surface area contributed by atoms with Gasteiger partial charge >= 0.3 is 0 Å². The van der Waals surface area contributed by atoms with Gasteiger partial charge in [0.2, 0.25) is 0 Å². The number of nitrogen functional groups attached to an aromatic ring is 1. The molecule has 0 unspecified atom stereocenters. The van der Waals surface area contributed by atoms with Crippen LogP contribution < -0.4 is 5.73 Å². The van der Waals surface area contributed by atoms with Crippen molar-refractivity contribution in [2.75, 3.05) is 5.73 Å². The van der Waals surface area contributed by atoms with Crippen LogP contribution in [-0.2, 0) is 0 Å². The van der Waals surface area contributed by atoms with Gasteiger partial charge in [0, 0.05) is 5.69 Å². The molecule has 3 rings (SSSR count). The summed E-state index contributed by atoms with van der Waals surface area (Å²) in [6.45, 7) is 0. The van der Waals surface area contributed by atoms with Crippen molar-refractivity contribution in [3.63, 3.8) is 0 Å². The summed E-state index contributed by atoms with van der Waals surface area (Å²) in [6, 6.07) is 18.7. The molecule has 0 fully saturated rings. The Labute approximate surface area is 88.1 Å². The molecule has 15 heavy (non-hydrogen) atoms. The van der Waals surface area contributed by atoms with Crippen LogP contribution >= 0.6 is 0 Å². The molecule has 0 bridgehead atoms. The van der Waals surface area contributed by atoms with Crippen molar-refractivity contribution in [1.82, 2.24) is 0 Å². The van der Waals surface area contributed by atoms with Gasteiger partial charge in [0.15, 0.2) is 0 Å². The molecule has 0 saturated heterocycles. The average molecular weight is 193 g/mol. The molecule has 0 aliphatic heterocycles. The van der Waals surface area contributed by atoms with E-state index in [1.807, 2.05) is 12.1 Å². The quantitative estimate of drug-likeness (QED) is 0.428. The van der Waals surface area contributed by atoms with E-state index in [9.17, 15) is 0 Å². The second-order valence-corrected chi connectivity index (χ2v) is 3.77. The third-order valence-corrected chi connectivity index (χ3v) is 2.77. The zero-order valence-corrected chi connectivity index (χ0v) is 8.27. The van der Waals surface area contributed by atoms with E-state index in [4.69, 9.17) is 5.73 Å². The van der Waals surface area contributed by atoms with Gasteiger partial charge in [0.1, 0.15) is 0 Å². The molecular weight excluding hydrogens is 182 g/mol. The van der Waals surface area contributed by atoms with Gasteiger partial charge in [-0.15, -0.1) is 0 Å². The van der Waals surface area contributed by atoms with E-state index in [0.29, 0.717) is 0 Å². The van der Waals surface area contributed by atoms with Crippen LogP contribution in [0.3, 0.4) is 0 Å². The summed E-state index contributed by atoms with van der Waals surface area (Å²) in [5.74, 6) is 0. The molecule has 3 aromatic carbocycles. The molecule has 72 valence electrons. The van der Waals surface area contributed by atoms with Crippen molar-refractivity contribution in [2.45, 2.75) is 0 Å². The number of nitrogens with two attached hydrogens (primary N) is 1. The molecule has 0 aliphatic rings. The van der Waals surface area contributed by atoms with Crippen LogP contribution in [0.4, 0.5) is 5.69 Å². The molecule has 0 amide bonds. The molecule has 0 aliphatic carbocycles. The highest BCUT2D eigenvalue weighted by Crippen LogP contribution is 2.26. The summed E-state index contributed by atoms with van der Waals surface area (Å²) in [5, 5.41) is 5.03. The Bertz CT molecular complexity index is 641. The minimum absolute atomic E-state index is 0.817. The summed E-state index contributed by atoms with van der Waals surface area (Å²) in [5.41, 5.74) is 6.59. The van der Waals surface area contributed by atoms with Crippen LogP contribution in [0.25, 0.3) is 21.5 Å². The second kappa shape index (κ2) is 2.99. The predicted molar refractivity (Wildman–Crippen MR) is 65.9 cm³/mol. The van der Waals surface area contributed by atoms with Crippen LogP contribution in [0.2, 0.25) is 0 Å². The summed E-state index contributed by atoms with van der Waals surface area (Å²) in [7, 11) is 0. The monoisotopic (exact) mass is 193 g/mol. The lowest BCUT2D eigenvalue weighted by Gasteiger charge is -2.04. The highest BCUT2D eigenvalue weighted by molar-refractivity contribution is 6.08.